The van der Waals surface area contributed by atoms with Crippen LogP contribution in [-0.2, 0) is 12.7 Å². The van der Waals surface area contributed by atoms with Crippen LogP contribution in [0.3, 0.4) is 0 Å². The number of hydrogen-bond donors (Lipinski definition) is 2. The summed E-state index contributed by atoms with van der Waals surface area (Å²) in [5, 5.41) is 5.91. The van der Waals surface area contributed by atoms with Gasteiger partial charge in [-0.2, -0.15) is 13.2 Å². The average molecular weight is 362 g/mol. The van der Waals surface area contributed by atoms with Gasteiger partial charge in [0.05, 0.1) is 5.56 Å². The van der Waals surface area contributed by atoms with Gasteiger partial charge in [-0.3, -0.25) is 9.89 Å². The van der Waals surface area contributed by atoms with E-state index in [0.717, 1.165) is 25.2 Å². The minimum Gasteiger partial charge on any atom is -0.355 e. The molecule has 1 aromatic carbocycles. The van der Waals surface area contributed by atoms with Crippen molar-refractivity contribution in [2.75, 3.05) is 26.7 Å². The number of benzene rings is 1. The Kier molecular flexibility index (Phi) is 8.15. The van der Waals surface area contributed by atoms with Crippen LogP contribution in [-0.4, -0.2) is 43.6 Å². The molecular formula is C17H26F4N4. The quantitative estimate of drug-likeness (QED) is 0.444. The van der Waals surface area contributed by atoms with Crippen LogP contribution < -0.4 is 10.6 Å². The minimum atomic E-state index is -4.60. The van der Waals surface area contributed by atoms with Crippen molar-refractivity contribution in [2.24, 2.45) is 4.99 Å². The van der Waals surface area contributed by atoms with Gasteiger partial charge < -0.3 is 10.6 Å². The first kappa shape index (κ1) is 21.2. The second kappa shape index (κ2) is 9.60. The molecule has 4 nitrogen and oxygen atoms in total. The van der Waals surface area contributed by atoms with E-state index in [1.54, 1.807) is 7.05 Å². The van der Waals surface area contributed by atoms with Crippen molar-refractivity contribution >= 4 is 5.96 Å². The number of guanidine groups is 1. The summed E-state index contributed by atoms with van der Waals surface area (Å²) in [4.78, 5) is 6.25. The van der Waals surface area contributed by atoms with E-state index < -0.39 is 17.6 Å². The summed E-state index contributed by atoms with van der Waals surface area (Å²) < 4.78 is 52.1. The van der Waals surface area contributed by atoms with Crippen molar-refractivity contribution in [3.05, 3.63) is 35.1 Å². The van der Waals surface area contributed by atoms with Crippen LogP contribution in [0.1, 0.15) is 31.9 Å². The van der Waals surface area contributed by atoms with Crippen molar-refractivity contribution in [1.29, 1.82) is 0 Å². The van der Waals surface area contributed by atoms with Crippen LogP contribution >= 0.6 is 0 Å². The first-order chi connectivity index (χ1) is 11.7. The van der Waals surface area contributed by atoms with E-state index >= 15 is 0 Å². The lowest BCUT2D eigenvalue weighted by molar-refractivity contribution is -0.138. The van der Waals surface area contributed by atoms with Gasteiger partial charge in [0.15, 0.2) is 5.96 Å². The van der Waals surface area contributed by atoms with Crippen LogP contribution in [0, 0.1) is 5.82 Å². The van der Waals surface area contributed by atoms with Crippen LogP contribution in [0.5, 0.6) is 0 Å². The lowest BCUT2D eigenvalue weighted by atomic mass is 10.1. The van der Waals surface area contributed by atoms with Crippen LogP contribution in [0.4, 0.5) is 17.6 Å². The fourth-order valence-corrected chi connectivity index (χ4v) is 2.47. The van der Waals surface area contributed by atoms with E-state index in [1.807, 2.05) is 0 Å². The van der Waals surface area contributed by atoms with E-state index in [4.69, 9.17) is 0 Å². The van der Waals surface area contributed by atoms with Crippen molar-refractivity contribution < 1.29 is 17.6 Å². The fraction of sp³-hybridized carbons (Fsp3) is 0.588. The molecule has 0 bridgehead atoms. The standard InChI is InChI=1S/C17H26F4N4/c1-5-25(12(2)3)9-8-23-16(22-4)24-11-13-6-7-14(18)10-15(13)17(19,20)21/h6-7,10,12H,5,8-9,11H2,1-4H3,(H2,22,23,24). The summed E-state index contributed by atoms with van der Waals surface area (Å²) >= 11 is 0. The highest BCUT2D eigenvalue weighted by Crippen LogP contribution is 2.32. The molecule has 0 spiro atoms. The topological polar surface area (TPSA) is 39.7 Å². The van der Waals surface area contributed by atoms with Crippen molar-refractivity contribution in [3.63, 3.8) is 0 Å². The molecule has 0 aliphatic heterocycles. The molecule has 0 atom stereocenters. The third-order valence-electron chi connectivity index (χ3n) is 3.88. The Hall–Kier alpha value is -1.83. The second-order valence-corrected chi connectivity index (χ2v) is 5.87. The van der Waals surface area contributed by atoms with Gasteiger partial charge in [0.1, 0.15) is 5.82 Å². The van der Waals surface area contributed by atoms with Crippen molar-refractivity contribution in [2.45, 2.75) is 39.5 Å². The van der Waals surface area contributed by atoms with Gasteiger partial charge in [-0.15, -0.1) is 0 Å². The zero-order valence-electron chi connectivity index (χ0n) is 15.0. The molecule has 0 aliphatic carbocycles. The molecule has 8 heteroatoms. The number of nitrogens with one attached hydrogen (secondary N) is 2. The van der Waals surface area contributed by atoms with E-state index in [1.165, 1.54) is 0 Å². The van der Waals surface area contributed by atoms with Crippen LogP contribution in [0.15, 0.2) is 23.2 Å². The molecule has 0 saturated carbocycles. The summed E-state index contributed by atoms with van der Waals surface area (Å²) in [6.45, 7) is 8.49. The Morgan fingerprint density at radius 3 is 2.44 bits per heavy atom. The maximum atomic E-state index is 13.1. The van der Waals surface area contributed by atoms with Gasteiger partial charge in [0, 0.05) is 32.7 Å². The van der Waals surface area contributed by atoms with Gasteiger partial charge in [0.2, 0.25) is 0 Å². The van der Waals surface area contributed by atoms with Crippen molar-refractivity contribution in [1.82, 2.24) is 15.5 Å². The Morgan fingerprint density at radius 1 is 1.24 bits per heavy atom. The fourth-order valence-electron chi connectivity index (χ4n) is 2.47. The normalized spacial score (nSPS) is 12.8. The lowest BCUT2D eigenvalue weighted by Gasteiger charge is -2.25. The molecule has 0 aliphatic rings. The highest BCUT2D eigenvalue weighted by atomic mass is 19.4. The second-order valence-electron chi connectivity index (χ2n) is 5.87. The van der Waals surface area contributed by atoms with Gasteiger partial charge >= 0.3 is 6.18 Å². The highest BCUT2D eigenvalue weighted by Gasteiger charge is 2.33. The Bertz CT molecular complexity index is 570. The number of halogens is 4. The largest absolute Gasteiger partial charge is 0.416 e. The molecule has 0 amide bonds. The van der Waals surface area contributed by atoms with Crippen LogP contribution in [0.2, 0.25) is 0 Å². The molecule has 0 radical (unpaired) electrons. The number of nitrogens with zero attached hydrogens (tertiary/aromatic N) is 2. The van der Waals surface area contributed by atoms with Gasteiger partial charge in [-0.1, -0.05) is 13.0 Å². The lowest BCUT2D eigenvalue weighted by Crippen LogP contribution is -2.43. The first-order valence-electron chi connectivity index (χ1n) is 8.23. The maximum Gasteiger partial charge on any atom is 0.416 e. The zero-order chi connectivity index (χ0) is 19.0. The molecule has 0 unspecified atom stereocenters. The summed E-state index contributed by atoms with van der Waals surface area (Å²) in [5.41, 5.74) is -1.01. The SMILES string of the molecule is CCN(CCNC(=NC)NCc1ccc(F)cc1C(F)(F)F)C(C)C. The van der Waals surface area contributed by atoms with E-state index in [-0.39, 0.29) is 12.1 Å². The molecule has 1 rings (SSSR count). The molecule has 0 heterocycles. The van der Waals surface area contributed by atoms with E-state index in [0.29, 0.717) is 24.6 Å². The third kappa shape index (κ3) is 6.89. The van der Waals surface area contributed by atoms with Gasteiger partial charge in [-0.25, -0.2) is 4.39 Å². The van der Waals surface area contributed by atoms with E-state index in [9.17, 15) is 17.6 Å². The Labute approximate surface area is 146 Å². The molecule has 1 aromatic rings. The summed E-state index contributed by atoms with van der Waals surface area (Å²) in [6, 6.07) is 3.07. The molecule has 0 fully saturated rings. The average Bonchev–Trinajstić information content (AvgIpc) is 2.54. The van der Waals surface area contributed by atoms with Crippen molar-refractivity contribution in [3.8, 4) is 0 Å². The molecular weight excluding hydrogens is 336 g/mol. The van der Waals surface area contributed by atoms with E-state index in [2.05, 4.69) is 41.3 Å². The summed E-state index contributed by atoms with van der Waals surface area (Å²) in [7, 11) is 1.55. The predicted molar refractivity (Wildman–Crippen MR) is 92.0 cm³/mol. The number of aliphatic imine (C=N–C) groups is 1. The highest BCUT2D eigenvalue weighted by molar-refractivity contribution is 5.79. The maximum absolute atomic E-state index is 13.1. The molecule has 25 heavy (non-hydrogen) atoms. The predicted octanol–water partition coefficient (Wildman–Crippen LogP) is 3.24. The number of rotatable bonds is 7. The smallest absolute Gasteiger partial charge is 0.355 e. The third-order valence-corrected chi connectivity index (χ3v) is 3.88. The number of hydrogen-bond acceptors (Lipinski definition) is 2. The van der Waals surface area contributed by atoms with Crippen LogP contribution in [0.25, 0.3) is 0 Å². The van der Waals surface area contributed by atoms with Gasteiger partial charge in [-0.05, 0) is 38.1 Å². The minimum absolute atomic E-state index is 0.0331. The molecule has 0 aromatic heterocycles. The Morgan fingerprint density at radius 2 is 1.92 bits per heavy atom. The number of likely N-dealkylation sites (N-methyl/N-ethyl adjacent to an activating group) is 1. The van der Waals surface area contributed by atoms with Gasteiger partial charge in [0.25, 0.3) is 0 Å². The molecule has 0 saturated heterocycles. The number of alkyl halides is 3. The molecule has 142 valence electrons. The molecule has 2 N–H and O–H groups in total. The Balaban J connectivity index is 2.64. The monoisotopic (exact) mass is 362 g/mol. The zero-order valence-corrected chi connectivity index (χ0v) is 15.0. The first-order valence-corrected chi connectivity index (χ1v) is 8.23. The summed E-state index contributed by atoms with van der Waals surface area (Å²) in [6.07, 6.45) is -4.60. The summed E-state index contributed by atoms with van der Waals surface area (Å²) in [5.74, 6) is -0.510.